The summed E-state index contributed by atoms with van der Waals surface area (Å²) in [5.41, 5.74) is 2.24. The fourth-order valence-electron chi connectivity index (χ4n) is 2.43. The number of hydrogen-bond acceptors (Lipinski definition) is 4. The van der Waals surface area contributed by atoms with Crippen molar-refractivity contribution < 1.29 is 14.9 Å². The van der Waals surface area contributed by atoms with Crippen LogP contribution in [0.3, 0.4) is 0 Å². The van der Waals surface area contributed by atoms with Crippen LogP contribution in [0.2, 0.25) is 0 Å². The number of nitrogens with one attached hydrogen (secondary N) is 1. The van der Waals surface area contributed by atoms with Crippen molar-refractivity contribution in [3.8, 4) is 5.75 Å². The van der Waals surface area contributed by atoms with Crippen LogP contribution in [0.4, 0.5) is 0 Å². The van der Waals surface area contributed by atoms with Crippen molar-refractivity contribution >= 4 is 0 Å². The summed E-state index contributed by atoms with van der Waals surface area (Å²) in [6.07, 6.45) is 1.13. The van der Waals surface area contributed by atoms with Gasteiger partial charge in [0.15, 0.2) is 0 Å². The molecule has 4 heteroatoms. The van der Waals surface area contributed by atoms with Gasteiger partial charge in [0.1, 0.15) is 18.5 Å². The molecule has 2 rings (SSSR count). The minimum absolute atomic E-state index is 0.112. The molecule has 1 aromatic carbocycles. The van der Waals surface area contributed by atoms with Crippen molar-refractivity contribution in [3.63, 3.8) is 0 Å². The largest absolute Gasteiger partial charge is 0.491 e. The molecule has 1 saturated carbocycles. The van der Waals surface area contributed by atoms with Crippen LogP contribution in [0.1, 0.15) is 24.0 Å². The first-order valence-electron chi connectivity index (χ1n) is 7.31. The molecule has 4 nitrogen and oxygen atoms in total. The molecule has 0 bridgehead atoms. The number of rotatable bonds is 7. The Balaban J connectivity index is 1.64. The van der Waals surface area contributed by atoms with Crippen LogP contribution >= 0.6 is 0 Å². The number of aryl methyl sites for hydroxylation is 2. The van der Waals surface area contributed by atoms with E-state index in [1.165, 1.54) is 0 Å². The third-order valence-electron chi connectivity index (χ3n) is 3.80. The molecule has 0 aliphatic heterocycles. The van der Waals surface area contributed by atoms with Gasteiger partial charge in [-0.25, -0.2) is 0 Å². The average molecular weight is 279 g/mol. The normalized spacial score (nSPS) is 23.2. The Bertz CT molecular complexity index is 430. The quantitative estimate of drug-likeness (QED) is 0.706. The summed E-state index contributed by atoms with van der Waals surface area (Å²) in [5.74, 6) is 1.39. The molecule has 1 aromatic rings. The summed E-state index contributed by atoms with van der Waals surface area (Å²) in [6.45, 7) is 5.71. The standard InChI is InChI=1S/C16H25NO3/c1-11-3-4-12(2)16(5-11)20-10-15(19)9-17-8-13-6-14(18)7-13/h3-5,13-15,17-19H,6-10H2,1-2H3. The van der Waals surface area contributed by atoms with Crippen molar-refractivity contribution in [2.45, 2.75) is 38.9 Å². The summed E-state index contributed by atoms with van der Waals surface area (Å²) in [5, 5.41) is 22.3. The Morgan fingerprint density at radius 1 is 1.35 bits per heavy atom. The molecule has 1 unspecified atom stereocenters. The van der Waals surface area contributed by atoms with E-state index in [4.69, 9.17) is 4.74 Å². The van der Waals surface area contributed by atoms with E-state index in [1.54, 1.807) is 0 Å². The lowest BCUT2D eigenvalue weighted by molar-refractivity contribution is 0.0400. The number of benzene rings is 1. The molecular weight excluding hydrogens is 254 g/mol. The van der Waals surface area contributed by atoms with Crippen LogP contribution in [-0.2, 0) is 0 Å². The van der Waals surface area contributed by atoms with Crippen molar-refractivity contribution in [1.29, 1.82) is 0 Å². The van der Waals surface area contributed by atoms with Gasteiger partial charge in [0, 0.05) is 6.54 Å². The van der Waals surface area contributed by atoms with Crippen LogP contribution in [-0.4, -0.2) is 42.1 Å². The Labute approximate surface area is 120 Å². The van der Waals surface area contributed by atoms with Crippen molar-refractivity contribution in [1.82, 2.24) is 5.32 Å². The lowest BCUT2D eigenvalue weighted by Gasteiger charge is -2.31. The zero-order chi connectivity index (χ0) is 14.5. The summed E-state index contributed by atoms with van der Waals surface area (Å²) >= 11 is 0. The van der Waals surface area contributed by atoms with E-state index in [-0.39, 0.29) is 6.10 Å². The van der Waals surface area contributed by atoms with Crippen molar-refractivity contribution in [2.24, 2.45) is 5.92 Å². The first-order valence-corrected chi connectivity index (χ1v) is 7.31. The maximum absolute atomic E-state index is 9.89. The van der Waals surface area contributed by atoms with Gasteiger partial charge in [-0.3, -0.25) is 0 Å². The molecule has 1 aliphatic carbocycles. The summed E-state index contributed by atoms with van der Waals surface area (Å²) in [7, 11) is 0. The lowest BCUT2D eigenvalue weighted by atomic mass is 9.82. The first-order chi connectivity index (χ1) is 9.54. The Hall–Kier alpha value is -1.10. The highest BCUT2D eigenvalue weighted by atomic mass is 16.5. The first kappa shape index (κ1) is 15.3. The molecule has 0 saturated heterocycles. The summed E-state index contributed by atoms with van der Waals surface area (Å²) in [6, 6.07) is 6.07. The fraction of sp³-hybridized carbons (Fsp3) is 0.625. The van der Waals surface area contributed by atoms with Gasteiger partial charge in [0.05, 0.1) is 6.10 Å². The molecule has 0 aromatic heterocycles. The highest BCUT2D eigenvalue weighted by Gasteiger charge is 2.26. The Morgan fingerprint density at radius 3 is 2.80 bits per heavy atom. The Morgan fingerprint density at radius 2 is 2.10 bits per heavy atom. The van der Waals surface area contributed by atoms with E-state index in [1.807, 2.05) is 32.0 Å². The summed E-state index contributed by atoms with van der Waals surface area (Å²) in [4.78, 5) is 0. The lowest BCUT2D eigenvalue weighted by Crippen LogP contribution is -2.39. The van der Waals surface area contributed by atoms with E-state index in [9.17, 15) is 10.2 Å². The van der Waals surface area contributed by atoms with Crippen LogP contribution in [0.5, 0.6) is 5.75 Å². The molecule has 20 heavy (non-hydrogen) atoms. The van der Waals surface area contributed by atoms with E-state index < -0.39 is 6.10 Å². The van der Waals surface area contributed by atoms with Gasteiger partial charge in [-0.05, 0) is 56.3 Å². The summed E-state index contributed by atoms with van der Waals surface area (Å²) < 4.78 is 5.66. The highest BCUT2D eigenvalue weighted by molar-refractivity contribution is 5.35. The third-order valence-corrected chi connectivity index (χ3v) is 3.80. The molecule has 0 spiro atoms. The maximum Gasteiger partial charge on any atom is 0.122 e. The van der Waals surface area contributed by atoms with Crippen LogP contribution in [0, 0.1) is 19.8 Å². The molecule has 112 valence electrons. The van der Waals surface area contributed by atoms with Gasteiger partial charge in [0.25, 0.3) is 0 Å². The second kappa shape index (κ2) is 7.07. The Kier molecular flexibility index (Phi) is 5.40. The number of aliphatic hydroxyl groups excluding tert-OH is 2. The predicted molar refractivity (Wildman–Crippen MR) is 79.0 cm³/mol. The molecule has 3 N–H and O–H groups in total. The van der Waals surface area contributed by atoms with Crippen LogP contribution in [0.25, 0.3) is 0 Å². The molecule has 0 heterocycles. The fourth-order valence-corrected chi connectivity index (χ4v) is 2.43. The van der Waals surface area contributed by atoms with Gasteiger partial charge in [-0.2, -0.15) is 0 Å². The van der Waals surface area contributed by atoms with Crippen molar-refractivity contribution in [3.05, 3.63) is 29.3 Å². The molecule has 0 radical (unpaired) electrons. The zero-order valence-corrected chi connectivity index (χ0v) is 12.3. The van der Waals surface area contributed by atoms with Gasteiger partial charge in [-0.1, -0.05) is 12.1 Å². The van der Waals surface area contributed by atoms with Crippen LogP contribution < -0.4 is 10.1 Å². The average Bonchev–Trinajstić information content (AvgIpc) is 2.37. The second-order valence-corrected chi connectivity index (χ2v) is 5.88. The number of hydrogen-bond donors (Lipinski definition) is 3. The minimum Gasteiger partial charge on any atom is -0.491 e. The van der Waals surface area contributed by atoms with Gasteiger partial charge in [0.2, 0.25) is 0 Å². The SMILES string of the molecule is Cc1ccc(C)c(OCC(O)CNCC2CC(O)C2)c1. The minimum atomic E-state index is -0.514. The van der Waals surface area contributed by atoms with E-state index in [0.29, 0.717) is 19.1 Å². The molecular formula is C16H25NO3. The molecule has 1 atom stereocenters. The number of aliphatic hydroxyl groups is 2. The van der Waals surface area contributed by atoms with Crippen molar-refractivity contribution in [2.75, 3.05) is 19.7 Å². The number of ether oxygens (including phenoxy) is 1. The molecule has 0 amide bonds. The second-order valence-electron chi connectivity index (χ2n) is 5.88. The molecule has 1 fully saturated rings. The van der Waals surface area contributed by atoms with Gasteiger partial charge < -0.3 is 20.3 Å². The third kappa shape index (κ3) is 4.47. The molecule has 1 aliphatic rings. The monoisotopic (exact) mass is 279 g/mol. The predicted octanol–water partition coefficient (Wildman–Crippen LogP) is 1.40. The zero-order valence-electron chi connectivity index (χ0n) is 12.3. The van der Waals surface area contributed by atoms with Gasteiger partial charge >= 0.3 is 0 Å². The van der Waals surface area contributed by atoms with Crippen LogP contribution in [0.15, 0.2) is 18.2 Å². The van der Waals surface area contributed by atoms with E-state index >= 15 is 0 Å². The van der Waals surface area contributed by atoms with E-state index in [2.05, 4.69) is 5.32 Å². The van der Waals surface area contributed by atoms with Gasteiger partial charge in [-0.15, -0.1) is 0 Å². The maximum atomic E-state index is 9.89. The highest BCUT2D eigenvalue weighted by Crippen LogP contribution is 2.26. The smallest absolute Gasteiger partial charge is 0.122 e. The topological polar surface area (TPSA) is 61.7 Å². The van der Waals surface area contributed by atoms with E-state index in [0.717, 1.165) is 36.3 Å².